The molecule has 26 heavy (non-hydrogen) atoms. The van der Waals surface area contributed by atoms with Crippen LogP contribution in [0, 0.1) is 5.92 Å². The molecule has 3 rings (SSSR count). The largest absolute Gasteiger partial charge is 0.502 e. The number of aliphatic hydroxyl groups is 1. The number of hydrogen-bond donors (Lipinski definition) is 1. The fourth-order valence-corrected chi connectivity index (χ4v) is 2.79. The van der Waals surface area contributed by atoms with Crippen LogP contribution in [0.15, 0.2) is 54.3 Å². The normalized spacial score (nSPS) is 14.5. The van der Waals surface area contributed by atoms with E-state index < -0.39 is 17.6 Å². The van der Waals surface area contributed by atoms with Crippen LogP contribution in [0.25, 0.3) is 5.57 Å². The van der Waals surface area contributed by atoms with Gasteiger partial charge in [-0.1, -0.05) is 43.6 Å². The predicted molar refractivity (Wildman–Crippen MR) is 100 cm³/mol. The molecular formula is C20H18ClNO4. The number of ether oxygens (including phenoxy) is 1. The third kappa shape index (κ3) is 3.44. The summed E-state index contributed by atoms with van der Waals surface area (Å²) >= 11 is 5.94. The van der Waals surface area contributed by atoms with E-state index >= 15 is 0 Å². The van der Waals surface area contributed by atoms with Gasteiger partial charge in [0, 0.05) is 5.02 Å². The Kier molecular flexibility index (Phi) is 5.00. The Morgan fingerprint density at radius 3 is 2.38 bits per heavy atom. The van der Waals surface area contributed by atoms with Crippen LogP contribution in [0.5, 0.6) is 5.75 Å². The lowest BCUT2D eigenvalue weighted by molar-refractivity contribution is -0.121. The van der Waals surface area contributed by atoms with Crippen LogP contribution in [0.4, 0.5) is 5.69 Å². The summed E-state index contributed by atoms with van der Waals surface area (Å²) in [6.45, 7) is 4.67. The molecule has 134 valence electrons. The highest BCUT2D eigenvalue weighted by atomic mass is 35.5. The van der Waals surface area contributed by atoms with Gasteiger partial charge >= 0.3 is 5.91 Å². The molecule has 1 aliphatic heterocycles. The maximum absolute atomic E-state index is 12.8. The van der Waals surface area contributed by atoms with E-state index in [1.165, 1.54) is 6.07 Å². The van der Waals surface area contributed by atoms with Gasteiger partial charge in [0.05, 0.1) is 17.9 Å². The Morgan fingerprint density at radius 2 is 1.77 bits per heavy atom. The number of anilines is 1. The van der Waals surface area contributed by atoms with Crippen LogP contribution in [0.2, 0.25) is 5.02 Å². The van der Waals surface area contributed by atoms with E-state index in [1.54, 1.807) is 42.5 Å². The predicted octanol–water partition coefficient (Wildman–Crippen LogP) is 4.22. The maximum atomic E-state index is 12.8. The second kappa shape index (κ2) is 7.22. The number of rotatable bonds is 5. The molecule has 0 bridgehead atoms. The molecule has 2 aromatic rings. The zero-order valence-corrected chi connectivity index (χ0v) is 15.2. The fraction of sp³-hybridized carbons (Fsp3) is 0.200. The highest BCUT2D eigenvalue weighted by molar-refractivity contribution is 6.45. The second-order valence-electron chi connectivity index (χ2n) is 6.38. The Bertz CT molecular complexity index is 887. The van der Waals surface area contributed by atoms with E-state index in [0.29, 0.717) is 34.5 Å². The number of amides is 2. The number of halogens is 1. The molecule has 0 radical (unpaired) electrons. The number of carbonyl (C=O) groups excluding carboxylic acids is 2. The van der Waals surface area contributed by atoms with Gasteiger partial charge in [-0.3, -0.25) is 9.59 Å². The van der Waals surface area contributed by atoms with Crippen LogP contribution in [0.1, 0.15) is 19.4 Å². The zero-order valence-electron chi connectivity index (χ0n) is 14.4. The SMILES string of the molecule is CC(C)COc1ccc(C2=C(O)C(=O)N(c3cccc(Cl)c3)C2=O)cc1. The second-order valence-corrected chi connectivity index (χ2v) is 6.81. The first-order chi connectivity index (χ1) is 12.4. The van der Waals surface area contributed by atoms with Crippen LogP contribution in [-0.2, 0) is 9.59 Å². The van der Waals surface area contributed by atoms with Crippen molar-refractivity contribution in [2.24, 2.45) is 5.92 Å². The van der Waals surface area contributed by atoms with Crippen molar-refractivity contribution in [2.45, 2.75) is 13.8 Å². The lowest BCUT2D eigenvalue weighted by Crippen LogP contribution is -2.31. The summed E-state index contributed by atoms with van der Waals surface area (Å²) in [4.78, 5) is 26.1. The number of carbonyl (C=O) groups is 2. The molecule has 1 N–H and O–H groups in total. The van der Waals surface area contributed by atoms with Gasteiger partial charge in [-0.2, -0.15) is 0 Å². The number of nitrogens with zero attached hydrogens (tertiary/aromatic N) is 1. The molecule has 0 aromatic heterocycles. The van der Waals surface area contributed by atoms with Crippen LogP contribution in [-0.4, -0.2) is 23.5 Å². The summed E-state index contributed by atoms with van der Waals surface area (Å²) in [5, 5.41) is 10.6. The van der Waals surface area contributed by atoms with E-state index in [-0.39, 0.29) is 5.57 Å². The van der Waals surface area contributed by atoms with E-state index in [2.05, 4.69) is 0 Å². The van der Waals surface area contributed by atoms with Crippen LogP contribution in [0.3, 0.4) is 0 Å². The molecule has 0 spiro atoms. The third-order valence-corrected chi connectivity index (χ3v) is 4.09. The first-order valence-corrected chi connectivity index (χ1v) is 8.57. The highest BCUT2D eigenvalue weighted by Gasteiger charge is 2.40. The van der Waals surface area contributed by atoms with Gasteiger partial charge < -0.3 is 9.84 Å². The van der Waals surface area contributed by atoms with Crippen molar-refractivity contribution in [1.29, 1.82) is 0 Å². The quantitative estimate of drug-likeness (QED) is 0.799. The molecule has 5 nitrogen and oxygen atoms in total. The highest BCUT2D eigenvalue weighted by Crippen LogP contribution is 2.33. The monoisotopic (exact) mass is 371 g/mol. The van der Waals surface area contributed by atoms with Crippen molar-refractivity contribution in [3.05, 3.63) is 64.9 Å². The number of benzene rings is 2. The van der Waals surface area contributed by atoms with Gasteiger partial charge in [-0.25, -0.2) is 4.90 Å². The summed E-state index contributed by atoms with van der Waals surface area (Å²) in [7, 11) is 0. The molecule has 0 saturated carbocycles. The summed E-state index contributed by atoms with van der Waals surface area (Å²) in [5.74, 6) is -0.892. The Hall–Kier alpha value is -2.79. The summed E-state index contributed by atoms with van der Waals surface area (Å²) in [6.07, 6.45) is 0. The maximum Gasteiger partial charge on any atom is 0.301 e. The number of hydrogen-bond acceptors (Lipinski definition) is 4. The molecule has 1 aliphatic rings. The van der Waals surface area contributed by atoms with E-state index in [1.807, 2.05) is 13.8 Å². The van der Waals surface area contributed by atoms with Crippen molar-refractivity contribution in [3.63, 3.8) is 0 Å². The smallest absolute Gasteiger partial charge is 0.301 e. The van der Waals surface area contributed by atoms with E-state index in [9.17, 15) is 14.7 Å². The van der Waals surface area contributed by atoms with Gasteiger partial charge in [-0.15, -0.1) is 0 Å². The fourth-order valence-electron chi connectivity index (χ4n) is 2.61. The zero-order chi connectivity index (χ0) is 18.8. The molecule has 0 fully saturated rings. The Balaban J connectivity index is 1.88. The molecule has 0 atom stereocenters. The van der Waals surface area contributed by atoms with E-state index in [4.69, 9.17) is 16.3 Å². The molecule has 0 saturated heterocycles. The summed E-state index contributed by atoms with van der Waals surface area (Å²) in [5.41, 5.74) is 0.721. The van der Waals surface area contributed by atoms with Crippen molar-refractivity contribution in [3.8, 4) is 5.75 Å². The lowest BCUT2D eigenvalue weighted by Gasteiger charge is -2.14. The van der Waals surface area contributed by atoms with Crippen LogP contribution >= 0.6 is 11.6 Å². The lowest BCUT2D eigenvalue weighted by atomic mass is 10.1. The first-order valence-electron chi connectivity index (χ1n) is 8.19. The minimum Gasteiger partial charge on any atom is -0.502 e. The summed E-state index contributed by atoms with van der Waals surface area (Å²) in [6, 6.07) is 13.1. The van der Waals surface area contributed by atoms with Crippen molar-refractivity contribution in [1.82, 2.24) is 0 Å². The Morgan fingerprint density at radius 1 is 1.08 bits per heavy atom. The molecule has 6 heteroatoms. The average molecular weight is 372 g/mol. The van der Waals surface area contributed by atoms with Crippen molar-refractivity contribution < 1.29 is 19.4 Å². The van der Waals surface area contributed by atoms with E-state index in [0.717, 1.165) is 4.90 Å². The van der Waals surface area contributed by atoms with Crippen molar-refractivity contribution in [2.75, 3.05) is 11.5 Å². The number of imide groups is 1. The molecule has 2 aromatic carbocycles. The van der Waals surface area contributed by atoms with Crippen LogP contribution < -0.4 is 9.64 Å². The average Bonchev–Trinajstić information content (AvgIpc) is 2.83. The van der Waals surface area contributed by atoms with Crippen molar-refractivity contribution >= 4 is 34.7 Å². The molecule has 0 aliphatic carbocycles. The Labute approximate surface area is 156 Å². The standard InChI is InChI=1S/C20H18ClNO4/c1-12(2)11-26-16-8-6-13(7-9-16)17-18(23)20(25)22(19(17)24)15-5-3-4-14(21)10-15/h3-10,12,23H,11H2,1-2H3. The number of aliphatic hydroxyl groups excluding tert-OH is 1. The third-order valence-electron chi connectivity index (χ3n) is 3.85. The minimum absolute atomic E-state index is 0.0367. The van der Waals surface area contributed by atoms with Gasteiger partial charge in [0.1, 0.15) is 5.75 Å². The minimum atomic E-state index is -0.771. The van der Waals surface area contributed by atoms with Gasteiger partial charge in [0.15, 0.2) is 5.76 Å². The molecule has 0 unspecified atom stereocenters. The summed E-state index contributed by atoms with van der Waals surface area (Å²) < 4.78 is 5.61. The van der Waals surface area contributed by atoms with Gasteiger partial charge in [0.25, 0.3) is 5.91 Å². The first kappa shape index (κ1) is 18.0. The van der Waals surface area contributed by atoms with Gasteiger partial charge in [-0.05, 0) is 41.8 Å². The van der Waals surface area contributed by atoms with Gasteiger partial charge in [0.2, 0.25) is 0 Å². The molecule has 2 amide bonds. The topological polar surface area (TPSA) is 66.8 Å². The molecule has 1 heterocycles. The molecular weight excluding hydrogens is 354 g/mol.